The first kappa shape index (κ1) is 16.4. The van der Waals surface area contributed by atoms with Gasteiger partial charge in [-0.3, -0.25) is 4.79 Å². The summed E-state index contributed by atoms with van der Waals surface area (Å²) in [6, 6.07) is 9.73. The molecular weight excluding hydrogens is 328 g/mol. The van der Waals surface area contributed by atoms with Crippen LogP contribution in [0.5, 0.6) is 5.88 Å². The van der Waals surface area contributed by atoms with Crippen molar-refractivity contribution >= 4 is 15.7 Å². The maximum atomic E-state index is 12.6. The smallest absolute Gasteiger partial charge is 0.257 e. The van der Waals surface area contributed by atoms with Gasteiger partial charge >= 0.3 is 0 Å². The molecule has 1 amide bonds. The van der Waals surface area contributed by atoms with Crippen LogP contribution in [0, 0.1) is 0 Å². The fourth-order valence-corrected chi connectivity index (χ4v) is 4.41. The van der Waals surface area contributed by atoms with Crippen LogP contribution in [-0.4, -0.2) is 31.7 Å². The van der Waals surface area contributed by atoms with Gasteiger partial charge in [0.1, 0.15) is 5.56 Å². The molecule has 1 aliphatic rings. The molecule has 0 spiro atoms. The lowest BCUT2D eigenvalue weighted by molar-refractivity contribution is 0.0930. The van der Waals surface area contributed by atoms with Gasteiger partial charge in [-0.05, 0) is 37.1 Å². The fraction of sp³-hybridized carbons (Fsp3) is 0.294. The molecule has 1 aromatic carbocycles. The minimum atomic E-state index is -3.28. The molecule has 24 heavy (non-hydrogen) atoms. The maximum Gasteiger partial charge on any atom is 0.257 e. The van der Waals surface area contributed by atoms with Gasteiger partial charge < -0.3 is 10.1 Å². The molecule has 0 saturated heterocycles. The van der Waals surface area contributed by atoms with Gasteiger partial charge in [0.05, 0.1) is 23.3 Å². The number of sulfone groups is 1. The molecule has 0 bridgehead atoms. The van der Waals surface area contributed by atoms with Gasteiger partial charge in [0, 0.05) is 6.20 Å². The topological polar surface area (TPSA) is 85.4 Å². The van der Waals surface area contributed by atoms with Crippen LogP contribution in [0.15, 0.2) is 47.5 Å². The highest BCUT2D eigenvalue weighted by atomic mass is 32.2. The molecule has 0 radical (unpaired) electrons. The van der Waals surface area contributed by atoms with Crippen molar-refractivity contribution in [2.24, 2.45) is 0 Å². The zero-order valence-corrected chi connectivity index (χ0v) is 14.0. The van der Waals surface area contributed by atoms with Crippen molar-refractivity contribution in [1.82, 2.24) is 10.3 Å². The number of nitrogens with zero attached hydrogens (tertiary/aromatic N) is 1. The van der Waals surface area contributed by atoms with E-state index >= 15 is 0 Å². The molecule has 0 unspecified atom stereocenters. The van der Waals surface area contributed by atoms with Crippen molar-refractivity contribution < 1.29 is 17.9 Å². The first-order valence-corrected chi connectivity index (χ1v) is 9.38. The number of hydrogen-bond donors (Lipinski definition) is 1. The molecule has 2 aromatic rings. The summed E-state index contributed by atoms with van der Waals surface area (Å²) in [4.78, 5) is 17.0. The van der Waals surface area contributed by atoms with Gasteiger partial charge in [0.15, 0.2) is 9.84 Å². The van der Waals surface area contributed by atoms with Gasteiger partial charge in [-0.2, -0.15) is 0 Å². The average molecular weight is 346 g/mol. The van der Waals surface area contributed by atoms with E-state index in [4.69, 9.17) is 4.74 Å². The van der Waals surface area contributed by atoms with Crippen molar-refractivity contribution in [3.05, 3.63) is 53.7 Å². The predicted molar refractivity (Wildman–Crippen MR) is 88.7 cm³/mol. The van der Waals surface area contributed by atoms with Crippen LogP contribution in [-0.2, 0) is 9.84 Å². The Bertz CT molecular complexity index is 864. The Balaban J connectivity index is 1.89. The molecular formula is C17H18N2O4S. The summed E-state index contributed by atoms with van der Waals surface area (Å²) in [5.41, 5.74) is 0.962. The molecule has 0 aliphatic carbocycles. The highest BCUT2D eigenvalue weighted by Crippen LogP contribution is 2.32. The monoisotopic (exact) mass is 346 g/mol. The Morgan fingerprint density at radius 3 is 2.88 bits per heavy atom. The Kier molecular flexibility index (Phi) is 4.53. The Labute approximate surface area is 140 Å². The largest absolute Gasteiger partial charge is 0.477 e. The van der Waals surface area contributed by atoms with Crippen LogP contribution < -0.4 is 10.1 Å². The van der Waals surface area contributed by atoms with Gasteiger partial charge in [0.2, 0.25) is 5.88 Å². The molecule has 0 saturated carbocycles. The second kappa shape index (κ2) is 6.60. The van der Waals surface area contributed by atoms with E-state index < -0.39 is 9.84 Å². The lowest BCUT2D eigenvalue weighted by atomic mass is 10.0. The standard InChI is InChI=1S/C17H18N2O4S/c1-2-23-17-13(7-5-10-18-17)16(20)19-14-9-11-24(21,22)15-8-4-3-6-12(14)15/h3-8,10,14H,2,9,11H2,1H3,(H,19,20)/t14-/m0/s1. The number of rotatable bonds is 4. The van der Waals surface area contributed by atoms with E-state index in [1.807, 2.05) is 6.92 Å². The van der Waals surface area contributed by atoms with E-state index in [1.165, 1.54) is 0 Å². The molecule has 3 rings (SSSR count). The van der Waals surface area contributed by atoms with E-state index in [0.717, 1.165) is 0 Å². The van der Waals surface area contributed by atoms with E-state index in [0.29, 0.717) is 24.2 Å². The second-order valence-electron chi connectivity index (χ2n) is 5.46. The molecule has 0 fully saturated rings. The van der Waals surface area contributed by atoms with Crippen molar-refractivity contribution in [2.45, 2.75) is 24.3 Å². The van der Waals surface area contributed by atoms with Gasteiger partial charge in [-0.15, -0.1) is 0 Å². The maximum absolute atomic E-state index is 12.6. The molecule has 2 heterocycles. The highest BCUT2D eigenvalue weighted by molar-refractivity contribution is 7.91. The molecule has 1 aromatic heterocycles. The number of carbonyl (C=O) groups excluding carboxylic acids is 1. The van der Waals surface area contributed by atoms with Crippen molar-refractivity contribution in [3.8, 4) is 5.88 Å². The summed E-state index contributed by atoms with van der Waals surface area (Å²) in [6.07, 6.45) is 1.90. The van der Waals surface area contributed by atoms with Crippen molar-refractivity contribution in [1.29, 1.82) is 0 Å². The molecule has 1 N–H and O–H groups in total. The van der Waals surface area contributed by atoms with E-state index in [9.17, 15) is 13.2 Å². The quantitative estimate of drug-likeness (QED) is 0.917. The summed E-state index contributed by atoms with van der Waals surface area (Å²) < 4.78 is 29.7. The highest BCUT2D eigenvalue weighted by Gasteiger charge is 2.31. The van der Waals surface area contributed by atoms with Crippen LogP contribution in [0.2, 0.25) is 0 Å². The lowest BCUT2D eigenvalue weighted by Crippen LogP contribution is -2.34. The number of pyridine rings is 1. The molecule has 1 aliphatic heterocycles. The minimum Gasteiger partial charge on any atom is -0.477 e. The van der Waals surface area contributed by atoms with Crippen molar-refractivity contribution in [3.63, 3.8) is 0 Å². The third-order valence-corrected chi connectivity index (χ3v) is 5.72. The Morgan fingerprint density at radius 1 is 1.29 bits per heavy atom. The summed E-state index contributed by atoms with van der Waals surface area (Å²) >= 11 is 0. The van der Waals surface area contributed by atoms with E-state index in [2.05, 4.69) is 10.3 Å². The Morgan fingerprint density at radius 2 is 2.08 bits per heavy atom. The average Bonchev–Trinajstić information content (AvgIpc) is 2.58. The SMILES string of the molecule is CCOc1ncccc1C(=O)N[C@H]1CCS(=O)(=O)c2ccccc21. The lowest BCUT2D eigenvalue weighted by Gasteiger charge is -2.26. The third kappa shape index (κ3) is 3.12. The second-order valence-corrected chi connectivity index (χ2v) is 7.54. The number of ether oxygens (including phenoxy) is 1. The molecule has 126 valence electrons. The first-order chi connectivity index (χ1) is 11.5. The molecule has 1 atom stereocenters. The third-order valence-electron chi connectivity index (χ3n) is 3.91. The zero-order chi connectivity index (χ0) is 17.2. The number of amides is 1. The fourth-order valence-electron chi connectivity index (χ4n) is 2.79. The Hall–Kier alpha value is -2.41. The van der Waals surface area contributed by atoms with Crippen LogP contribution in [0.4, 0.5) is 0 Å². The van der Waals surface area contributed by atoms with Crippen LogP contribution >= 0.6 is 0 Å². The van der Waals surface area contributed by atoms with Gasteiger partial charge in [0.25, 0.3) is 5.91 Å². The predicted octanol–water partition coefficient (Wildman–Crippen LogP) is 2.13. The van der Waals surface area contributed by atoms with Crippen LogP contribution in [0.1, 0.15) is 35.3 Å². The van der Waals surface area contributed by atoms with Crippen molar-refractivity contribution in [2.75, 3.05) is 12.4 Å². The van der Waals surface area contributed by atoms with Crippen LogP contribution in [0.3, 0.4) is 0 Å². The van der Waals surface area contributed by atoms with Crippen LogP contribution in [0.25, 0.3) is 0 Å². The number of nitrogens with one attached hydrogen (secondary N) is 1. The molecule has 7 heteroatoms. The molecule has 6 nitrogen and oxygen atoms in total. The number of benzene rings is 1. The van der Waals surface area contributed by atoms with Gasteiger partial charge in [-0.25, -0.2) is 13.4 Å². The zero-order valence-electron chi connectivity index (χ0n) is 13.2. The van der Waals surface area contributed by atoms with Gasteiger partial charge in [-0.1, -0.05) is 18.2 Å². The normalized spacial score (nSPS) is 18.5. The summed E-state index contributed by atoms with van der Waals surface area (Å²) in [5, 5.41) is 2.90. The van der Waals surface area contributed by atoms with E-state index in [1.54, 1.807) is 42.6 Å². The number of aromatic nitrogens is 1. The summed E-state index contributed by atoms with van der Waals surface area (Å²) in [7, 11) is -3.28. The summed E-state index contributed by atoms with van der Waals surface area (Å²) in [5.74, 6) is -0.0415. The number of hydrogen-bond acceptors (Lipinski definition) is 5. The van der Waals surface area contributed by atoms with E-state index in [-0.39, 0.29) is 28.5 Å². The number of fused-ring (bicyclic) bond motifs is 1. The minimum absolute atomic E-state index is 0.0142. The summed E-state index contributed by atoms with van der Waals surface area (Å²) in [6.45, 7) is 2.22. The first-order valence-electron chi connectivity index (χ1n) is 7.73. The number of carbonyl (C=O) groups is 1.